The Labute approximate surface area is 106 Å². The fourth-order valence-corrected chi connectivity index (χ4v) is 1.70. The summed E-state index contributed by atoms with van der Waals surface area (Å²) in [6.07, 6.45) is 4.10. The fraction of sp³-hybridized carbons (Fsp3) is 0.583. The summed E-state index contributed by atoms with van der Waals surface area (Å²) in [5.41, 5.74) is -0.861. The summed E-state index contributed by atoms with van der Waals surface area (Å²) in [6.45, 7) is 5.97. The molecule has 1 atom stereocenters. The summed E-state index contributed by atoms with van der Waals surface area (Å²) in [6, 6.07) is 0. The Kier molecular flexibility index (Phi) is 4.47. The van der Waals surface area contributed by atoms with E-state index in [-0.39, 0.29) is 0 Å². The molecule has 0 fully saturated rings. The van der Waals surface area contributed by atoms with Crippen molar-refractivity contribution in [2.45, 2.75) is 45.7 Å². The van der Waals surface area contributed by atoms with Gasteiger partial charge in [0, 0.05) is 12.7 Å². The first-order valence-corrected chi connectivity index (χ1v) is 6.01. The number of carbonyl (C=O) groups excluding carboxylic acids is 1. The lowest BCUT2D eigenvalue weighted by atomic mass is 9.96. The number of nitrogens with zero attached hydrogens (tertiary/aromatic N) is 2. The zero-order valence-corrected chi connectivity index (χ0v) is 10.9. The van der Waals surface area contributed by atoms with Crippen molar-refractivity contribution in [3.8, 4) is 0 Å². The van der Waals surface area contributed by atoms with Crippen LogP contribution in [0, 0.1) is 0 Å². The summed E-state index contributed by atoms with van der Waals surface area (Å²) in [5, 5.41) is 15.7. The normalized spacial score (nSPS) is 13.9. The quantitative estimate of drug-likeness (QED) is 0.799. The highest BCUT2D eigenvalue weighted by Gasteiger charge is 2.34. The van der Waals surface area contributed by atoms with Crippen molar-refractivity contribution in [1.29, 1.82) is 0 Å². The third kappa shape index (κ3) is 3.09. The molecule has 6 heteroatoms. The van der Waals surface area contributed by atoms with Gasteiger partial charge >= 0.3 is 5.97 Å². The topological polar surface area (TPSA) is 84.2 Å². The molecule has 1 amide bonds. The molecule has 0 radical (unpaired) electrons. The van der Waals surface area contributed by atoms with Crippen molar-refractivity contribution in [2.75, 3.05) is 0 Å². The first kappa shape index (κ1) is 14.2. The molecule has 0 saturated carbocycles. The van der Waals surface area contributed by atoms with E-state index < -0.39 is 17.4 Å². The molecule has 0 bridgehead atoms. The van der Waals surface area contributed by atoms with Gasteiger partial charge in [-0.15, -0.1) is 0 Å². The number of nitrogens with one attached hydrogen (secondary N) is 1. The Morgan fingerprint density at radius 3 is 2.61 bits per heavy atom. The van der Waals surface area contributed by atoms with Crippen molar-refractivity contribution in [2.24, 2.45) is 0 Å². The van der Waals surface area contributed by atoms with Crippen LogP contribution in [-0.4, -0.2) is 32.3 Å². The molecular weight excluding hydrogens is 234 g/mol. The largest absolute Gasteiger partial charge is 0.480 e. The molecule has 1 rings (SSSR count). The second-order valence-electron chi connectivity index (χ2n) is 4.43. The van der Waals surface area contributed by atoms with Crippen molar-refractivity contribution < 1.29 is 14.7 Å². The van der Waals surface area contributed by atoms with Crippen LogP contribution in [0.5, 0.6) is 0 Å². The van der Waals surface area contributed by atoms with Gasteiger partial charge in [-0.2, -0.15) is 5.10 Å². The zero-order chi connectivity index (χ0) is 13.8. The van der Waals surface area contributed by atoms with Gasteiger partial charge in [0.2, 0.25) is 0 Å². The van der Waals surface area contributed by atoms with E-state index in [9.17, 15) is 14.7 Å². The lowest BCUT2D eigenvalue weighted by Gasteiger charge is -2.25. The first-order valence-electron chi connectivity index (χ1n) is 6.01. The van der Waals surface area contributed by atoms with Crippen LogP contribution in [0.3, 0.4) is 0 Å². The minimum atomic E-state index is -1.24. The highest BCUT2D eigenvalue weighted by molar-refractivity contribution is 5.97. The molecular formula is C12H19N3O3. The number of hydrogen-bond acceptors (Lipinski definition) is 3. The van der Waals surface area contributed by atoms with Crippen LogP contribution < -0.4 is 5.32 Å². The summed E-state index contributed by atoms with van der Waals surface area (Å²) >= 11 is 0. The second kappa shape index (κ2) is 5.66. The number of hydrogen-bond donors (Lipinski definition) is 2. The molecule has 0 aliphatic carbocycles. The number of carboxylic acids is 1. The summed E-state index contributed by atoms with van der Waals surface area (Å²) < 4.78 is 1.62. The number of amides is 1. The van der Waals surface area contributed by atoms with Gasteiger partial charge < -0.3 is 10.4 Å². The average Bonchev–Trinajstić information content (AvgIpc) is 2.77. The highest BCUT2D eigenvalue weighted by atomic mass is 16.4. The average molecular weight is 253 g/mol. The van der Waals surface area contributed by atoms with E-state index in [1.165, 1.54) is 13.1 Å². The van der Waals surface area contributed by atoms with E-state index in [0.717, 1.165) is 0 Å². The van der Waals surface area contributed by atoms with Crippen LogP contribution in [0.2, 0.25) is 0 Å². The van der Waals surface area contributed by atoms with Crippen molar-refractivity contribution in [3.05, 3.63) is 18.0 Å². The van der Waals surface area contributed by atoms with E-state index >= 15 is 0 Å². The molecule has 1 unspecified atom stereocenters. The van der Waals surface area contributed by atoms with E-state index in [4.69, 9.17) is 0 Å². The van der Waals surface area contributed by atoms with Crippen LogP contribution >= 0.6 is 0 Å². The number of aryl methyl sites for hydroxylation is 1. The zero-order valence-electron chi connectivity index (χ0n) is 10.9. The second-order valence-corrected chi connectivity index (χ2v) is 4.43. The standard InChI is InChI=1S/C12H19N3O3/c1-4-6-12(3,11(17)18)14-10(16)9-7-13-15(5-2)8-9/h7-8H,4-6H2,1-3H3,(H,14,16)(H,17,18). The van der Waals surface area contributed by atoms with Crippen molar-refractivity contribution >= 4 is 11.9 Å². The number of aliphatic carboxylic acids is 1. The molecule has 0 saturated heterocycles. The summed E-state index contributed by atoms with van der Waals surface area (Å²) in [5.74, 6) is -1.44. The Morgan fingerprint density at radius 2 is 2.17 bits per heavy atom. The fourth-order valence-electron chi connectivity index (χ4n) is 1.70. The predicted molar refractivity (Wildman–Crippen MR) is 66.3 cm³/mol. The van der Waals surface area contributed by atoms with Gasteiger partial charge in [0.15, 0.2) is 0 Å². The number of rotatable bonds is 6. The monoisotopic (exact) mass is 253 g/mol. The maximum Gasteiger partial charge on any atom is 0.329 e. The van der Waals surface area contributed by atoms with Gasteiger partial charge in [0.25, 0.3) is 5.91 Å². The van der Waals surface area contributed by atoms with Crippen LogP contribution in [0.15, 0.2) is 12.4 Å². The smallest absolute Gasteiger partial charge is 0.329 e. The molecule has 0 spiro atoms. The molecule has 0 aliphatic heterocycles. The highest BCUT2D eigenvalue weighted by Crippen LogP contribution is 2.13. The van der Waals surface area contributed by atoms with Crippen molar-refractivity contribution in [1.82, 2.24) is 15.1 Å². The predicted octanol–water partition coefficient (Wildman–Crippen LogP) is 1.28. The molecule has 0 aliphatic rings. The van der Waals surface area contributed by atoms with E-state index in [1.54, 1.807) is 10.9 Å². The molecule has 0 aromatic carbocycles. The van der Waals surface area contributed by atoms with E-state index in [2.05, 4.69) is 10.4 Å². The summed E-state index contributed by atoms with van der Waals surface area (Å²) in [7, 11) is 0. The third-order valence-electron chi connectivity index (χ3n) is 2.83. The lowest BCUT2D eigenvalue weighted by molar-refractivity contribution is -0.144. The van der Waals surface area contributed by atoms with Crippen LogP contribution in [-0.2, 0) is 11.3 Å². The van der Waals surface area contributed by atoms with Gasteiger partial charge in [-0.05, 0) is 20.3 Å². The van der Waals surface area contributed by atoms with Gasteiger partial charge in [0.1, 0.15) is 5.54 Å². The molecule has 6 nitrogen and oxygen atoms in total. The minimum Gasteiger partial charge on any atom is -0.480 e. The Balaban J connectivity index is 2.81. The third-order valence-corrected chi connectivity index (χ3v) is 2.83. The van der Waals surface area contributed by atoms with Gasteiger partial charge in [-0.25, -0.2) is 4.79 Å². The van der Waals surface area contributed by atoms with E-state index in [0.29, 0.717) is 24.9 Å². The van der Waals surface area contributed by atoms with Crippen LogP contribution in [0.1, 0.15) is 44.0 Å². The minimum absolute atomic E-state index is 0.375. The van der Waals surface area contributed by atoms with Crippen LogP contribution in [0.4, 0.5) is 0 Å². The molecule has 1 aromatic heterocycles. The lowest BCUT2D eigenvalue weighted by Crippen LogP contribution is -2.52. The van der Waals surface area contributed by atoms with Gasteiger partial charge in [-0.3, -0.25) is 9.48 Å². The summed E-state index contributed by atoms with van der Waals surface area (Å²) in [4.78, 5) is 23.1. The molecule has 18 heavy (non-hydrogen) atoms. The van der Waals surface area contributed by atoms with E-state index in [1.807, 2.05) is 13.8 Å². The SMILES string of the molecule is CCCC(C)(NC(=O)c1cnn(CC)c1)C(=O)O. The number of carbonyl (C=O) groups is 2. The number of aromatic nitrogens is 2. The van der Waals surface area contributed by atoms with Crippen LogP contribution in [0.25, 0.3) is 0 Å². The molecule has 2 N–H and O–H groups in total. The Bertz CT molecular complexity index is 442. The number of carboxylic acid groups (broad SMARTS) is 1. The first-order chi connectivity index (χ1) is 8.42. The Hall–Kier alpha value is -1.85. The maximum absolute atomic E-state index is 11.9. The Morgan fingerprint density at radius 1 is 1.50 bits per heavy atom. The van der Waals surface area contributed by atoms with Crippen molar-refractivity contribution in [3.63, 3.8) is 0 Å². The van der Waals surface area contributed by atoms with Gasteiger partial charge in [-0.1, -0.05) is 13.3 Å². The molecule has 1 heterocycles. The van der Waals surface area contributed by atoms with Gasteiger partial charge in [0.05, 0.1) is 11.8 Å². The molecule has 100 valence electrons. The molecule has 1 aromatic rings. The maximum atomic E-state index is 11.9.